The van der Waals surface area contributed by atoms with Gasteiger partial charge in [-0.15, -0.1) is 4.99 Å². The average molecular weight is 110 g/mol. The van der Waals surface area contributed by atoms with Crippen LogP contribution >= 0.6 is 0 Å². The van der Waals surface area contributed by atoms with E-state index in [4.69, 9.17) is 0 Å². The minimum atomic E-state index is 0.250. The number of aliphatic imine (C=N–C) groups is 1. The van der Waals surface area contributed by atoms with Crippen LogP contribution in [0.25, 0.3) is 0 Å². The van der Waals surface area contributed by atoms with Crippen molar-refractivity contribution in [2.24, 2.45) is 4.99 Å². The van der Waals surface area contributed by atoms with E-state index in [1.54, 1.807) is 0 Å². The topological polar surface area (TPSA) is 55.5 Å². The first-order valence-electron chi connectivity index (χ1n) is 1.89. The predicted molar refractivity (Wildman–Crippen MR) is 24.3 cm³/mol. The summed E-state index contributed by atoms with van der Waals surface area (Å²) in [6, 6.07) is 0. The molecule has 0 aliphatic rings. The molecule has 0 spiro atoms. The zero-order valence-electron chi connectivity index (χ0n) is 3.87. The molecule has 1 aromatic heterocycles. The van der Waals surface area contributed by atoms with Crippen LogP contribution in [0.3, 0.4) is 0 Å². The molecule has 0 N–H and O–H groups in total. The number of isocyanates is 1. The van der Waals surface area contributed by atoms with Gasteiger partial charge in [0.1, 0.15) is 6.26 Å². The number of oxazole rings is 1. The summed E-state index contributed by atoms with van der Waals surface area (Å²) in [5.74, 6) is 0.250. The second-order valence-corrected chi connectivity index (χ2v) is 1.05. The van der Waals surface area contributed by atoms with Crippen molar-refractivity contribution in [3.8, 4) is 0 Å². The Labute approximate surface area is 44.9 Å². The summed E-state index contributed by atoms with van der Waals surface area (Å²) in [6.07, 6.45) is 3.77. The number of aromatic nitrogens is 1. The highest BCUT2D eigenvalue weighted by Gasteiger charge is 1.86. The SMILES string of the molecule is O=C=Nc1cocn1. The molecule has 0 bridgehead atoms. The van der Waals surface area contributed by atoms with Gasteiger partial charge in [0.05, 0.1) is 0 Å². The van der Waals surface area contributed by atoms with E-state index in [-0.39, 0.29) is 5.82 Å². The van der Waals surface area contributed by atoms with Crippen LogP contribution in [-0.4, -0.2) is 11.1 Å². The standard InChI is InChI=1S/C4H2N2O2/c7-2-5-4-1-8-3-6-4/h1,3H. The zero-order chi connectivity index (χ0) is 5.82. The molecule has 0 saturated carbocycles. The quantitative estimate of drug-likeness (QED) is 0.393. The van der Waals surface area contributed by atoms with Crippen LogP contribution in [0, 0.1) is 0 Å². The van der Waals surface area contributed by atoms with Crippen LogP contribution in [0.1, 0.15) is 0 Å². The highest BCUT2D eigenvalue weighted by Crippen LogP contribution is 2.02. The van der Waals surface area contributed by atoms with Crippen molar-refractivity contribution in [3.05, 3.63) is 12.7 Å². The predicted octanol–water partition coefficient (Wildman–Crippen LogP) is 0.642. The summed E-state index contributed by atoms with van der Waals surface area (Å²) in [7, 11) is 0. The van der Waals surface area contributed by atoms with Gasteiger partial charge in [0.2, 0.25) is 11.9 Å². The largest absolute Gasteiger partial charge is 0.449 e. The lowest BCUT2D eigenvalue weighted by Gasteiger charge is -1.65. The van der Waals surface area contributed by atoms with Gasteiger partial charge in [-0.05, 0) is 0 Å². The highest BCUT2D eigenvalue weighted by molar-refractivity contribution is 5.42. The molecule has 0 unspecified atom stereocenters. The van der Waals surface area contributed by atoms with E-state index in [0.29, 0.717) is 0 Å². The molecule has 0 aromatic carbocycles. The molecular formula is C4H2N2O2. The van der Waals surface area contributed by atoms with E-state index >= 15 is 0 Å². The molecule has 0 aliphatic heterocycles. The average Bonchev–Trinajstić information content (AvgIpc) is 2.19. The third kappa shape index (κ3) is 0.802. The molecule has 0 fully saturated rings. The van der Waals surface area contributed by atoms with E-state index in [0.717, 1.165) is 0 Å². The summed E-state index contributed by atoms with van der Waals surface area (Å²) in [5, 5.41) is 0. The molecule has 8 heavy (non-hydrogen) atoms. The summed E-state index contributed by atoms with van der Waals surface area (Å²) < 4.78 is 4.48. The smallest absolute Gasteiger partial charge is 0.242 e. The molecule has 0 amide bonds. The van der Waals surface area contributed by atoms with Gasteiger partial charge in [0.25, 0.3) is 0 Å². The number of hydrogen-bond acceptors (Lipinski definition) is 4. The van der Waals surface area contributed by atoms with E-state index in [2.05, 4.69) is 14.4 Å². The van der Waals surface area contributed by atoms with Crippen molar-refractivity contribution in [1.82, 2.24) is 4.98 Å². The van der Waals surface area contributed by atoms with Gasteiger partial charge in [-0.1, -0.05) is 0 Å². The lowest BCUT2D eigenvalue weighted by Crippen LogP contribution is -1.55. The zero-order valence-corrected chi connectivity index (χ0v) is 3.87. The maximum Gasteiger partial charge on any atom is 0.242 e. The lowest BCUT2D eigenvalue weighted by molar-refractivity contribution is 0.557. The molecule has 1 heterocycles. The molecule has 1 aromatic rings. The molecule has 40 valence electrons. The minimum Gasteiger partial charge on any atom is -0.449 e. The lowest BCUT2D eigenvalue weighted by atomic mass is 10.8. The molecule has 0 aliphatic carbocycles. The maximum absolute atomic E-state index is 9.50. The van der Waals surface area contributed by atoms with Gasteiger partial charge in [-0.2, -0.15) is 4.98 Å². The Hall–Kier alpha value is -1.41. The fourth-order valence-corrected chi connectivity index (χ4v) is 0.308. The van der Waals surface area contributed by atoms with Crippen molar-refractivity contribution in [1.29, 1.82) is 0 Å². The first-order chi connectivity index (χ1) is 3.93. The number of carbonyl (C=O) groups excluding carboxylic acids is 1. The molecule has 0 radical (unpaired) electrons. The van der Waals surface area contributed by atoms with Crippen molar-refractivity contribution in [2.45, 2.75) is 0 Å². The van der Waals surface area contributed by atoms with Crippen molar-refractivity contribution < 1.29 is 9.21 Å². The third-order valence-electron chi connectivity index (χ3n) is 0.579. The number of nitrogens with zero attached hydrogens (tertiary/aromatic N) is 2. The van der Waals surface area contributed by atoms with E-state index < -0.39 is 0 Å². The van der Waals surface area contributed by atoms with Crippen LogP contribution in [0.4, 0.5) is 5.82 Å². The van der Waals surface area contributed by atoms with Crippen LogP contribution in [-0.2, 0) is 4.79 Å². The fraction of sp³-hybridized carbons (Fsp3) is 0. The van der Waals surface area contributed by atoms with Gasteiger partial charge in [0, 0.05) is 0 Å². The first kappa shape index (κ1) is 4.74. The molecule has 0 saturated heterocycles. The first-order valence-corrected chi connectivity index (χ1v) is 1.89. The third-order valence-corrected chi connectivity index (χ3v) is 0.579. The van der Waals surface area contributed by atoms with Gasteiger partial charge < -0.3 is 4.42 Å². The Morgan fingerprint density at radius 3 is 3.25 bits per heavy atom. The van der Waals surface area contributed by atoms with Gasteiger partial charge in [-0.3, -0.25) is 0 Å². The summed E-state index contributed by atoms with van der Waals surface area (Å²) in [5.41, 5.74) is 0. The highest BCUT2D eigenvalue weighted by atomic mass is 16.3. The Kier molecular flexibility index (Phi) is 1.21. The van der Waals surface area contributed by atoms with Crippen LogP contribution in [0.15, 0.2) is 22.1 Å². The summed E-state index contributed by atoms with van der Waals surface area (Å²) in [6.45, 7) is 0. The van der Waals surface area contributed by atoms with Crippen molar-refractivity contribution in [3.63, 3.8) is 0 Å². The second-order valence-electron chi connectivity index (χ2n) is 1.05. The Morgan fingerprint density at radius 2 is 2.75 bits per heavy atom. The normalized spacial score (nSPS) is 8.00. The van der Waals surface area contributed by atoms with Crippen LogP contribution in [0.5, 0.6) is 0 Å². The van der Waals surface area contributed by atoms with Crippen molar-refractivity contribution in [2.75, 3.05) is 0 Å². The molecular weight excluding hydrogens is 108 g/mol. The van der Waals surface area contributed by atoms with E-state index in [1.165, 1.54) is 18.7 Å². The van der Waals surface area contributed by atoms with E-state index in [1.807, 2.05) is 0 Å². The van der Waals surface area contributed by atoms with Crippen LogP contribution < -0.4 is 0 Å². The Morgan fingerprint density at radius 1 is 1.88 bits per heavy atom. The Bertz CT molecular complexity index is 198. The second kappa shape index (κ2) is 2.04. The summed E-state index contributed by atoms with van der Waals surface area (Å²) >= 11 is 0. The maximum atomic E-state index is 9.50. The minimum absolute atomic E-state index is 0.250. The fourth-order valence-electron chi connectivity index (χ4n) is 0.308. The van der Waals surface area contributed by atoms with Crippen molar-refractivity contribution >= 4 is 11.9 Å². The van der Waals surface area contributed by atoms with Crippen LogP contribution in [0.2, 0.25) is 0 Å². The number of rotatable bonds is 1. The molecule has 0 atom stereocenters. The van der Waals surface area contributed by atoms with E-state index in [9.17, 15) is 4.79 Å². The summed E-state index contributed by atoms with van der Waals surface area (Å²) in [4.78, 5) is 16.2. The Balaban J connectivity index is 2.93. The monoisotopic (exact) mass is 110 g/mol. The van der Waals surface area contributed by atoms with Gasteiger partial charge in [0.15, 0.2) is 6.39 Å². The van der Waals surface area contributed by atoms with Gasteiger partial charge >= 0.3 is 0 Å². The van der Waals surface area contributed by atoms with Gasteiger partial charge in [-0.25, -0.2) is 4.79 Å². The molecule has 4 nitrogen and oxygen atoms in total. The number of hydrogen-bond donors (Lipinski definition) is 0. The molecule has 1 rings (SSSR count). The molecule has 4 heteroatoms.